The summed E-state index contributed by atoms with van der Waals surface area (Å²) in [5.41, 5.74) is 2.60. The van der Waals surface area contributed by atoms with Gasteiger partial charge in [0.15, 0.2) is 0 Å². The van der Waals surface area contributed by atoms with Gasteiger partial charge < -0.3 is 14.8 Å². The van der Waals surface area contributed by atoms with Crippen LogP contribution < -0.4 is 0 Å². The van der Waals surface area contributed by atoms with E-state index in [1.807, 2.05) is 24.3 Å². The Morgan fingerprint density at radius 2 is 2.19 bits per heavy atom. The number of benzene rings is 1. The predicted molar refractivity (Wildman–Crippen MR) is 75.3 cm³/mol. The number of nitrogens with zero attached hydrogens (tertiary/aromatic N) is 3. The van der Waals surface area contributed by atoms with Crippen LogP contribution in [0, 0.1) is 6.92 Å². The van der Waals surface area contributed by atoms with Crippen LogP contribution in [0.1, 0.15) is 11.3 Å². The topological polar surface area (TPSA) is 93.0 Å². The summed E-state index contributed by atoms with van der Waals surface area (Å²) in [5, 5.41) is 14.5. The number of carbonyl (C=O) groups is 1. The maximum atomic E-state index is 11.4. The zero-order valence-electron chi connectivity index (χ0n) is 11.6. The number of aromatic hydroxyl groups is 1. The third-order valence-corrected chi connectivity index (χ3v) is 3.28. The summed E-state index contributed by atoms with van der Waals surface area (Å²) in [6, 6.07) is 7.51. The van der Waals surface area contributed by atoms with Crippen LogP contribution in [-0.2, 0) is 16.0 Å². The Balaban J connectivity index is 2.06. The van der Waals surface area contributed by atoms with Crippen LogP contribution in [0.15, 0.2) is 24.3 Å². The minimum absolute atomic E-state index is 0.0333. The molecule has 7 nitrogen and oxygen atoms in total. The zero-order valence-corrected chi connectivity index (χ0v) is 11.6. The van der Waals surface area contributed by atoms with E-state index in [0.717, 1.165) is 11.0 Å². The Kier molecular flexibility index (Phi) is 3.09. The number of fused-ring (bicyclic) bond motifs is 1. The summed E-state index contributed by atoms with van der Waals surface area (Å²) in [6.45, 7) is 1.72. The number of hydrogen-bond donors (Lipinski definition) is 2. The van der Waals surface area contributed by atoms with Gasteiger partial charge in [0.1, 0.15) is 0 Å². The quantitative estimate of drug-likeness (QED) is 0.711. The molecule has 0 bridgehead atoms. The standard InChI is InChI=1S/C14H14N4O3/c1-8-9(7-12(19)21-2)13(20)18(17-8)14-15-10-5-3-4-6-11(10)16-14/h3-6,20H,7H2,1-2H3,(H,15,16). The van der Waals surface area contributed by atoms with Crippen molar-refractivity contribution in [2.24, 2.45) is 0 Å². The van der Waals surface area contributed by atoms with Crippen molar-refractivity contribution in [3.05, 3.63) is 35.5 Å². The van der Waals surface area contributed by atoms with Crippen LogP contribution in [0.4, 0.5) is 0 Å². The highest BCUT2D eigenvalue weighted by atomic mass is 16.5. The van der Waals surface area contributed by atoms with E-state index in [9.17, 15) is 9.90 Å². The van der Waals surface area contributed by atoms with Gasteiger partial charge in [-0.25, -0.2) is 4.98 Å². The molecule has 0 unspecified atom stereocenters. The lowest BCUT2D eigenvalue weighted by molar-refractivity contribution is -0.139. The van der Waals surface area contributed by atoms with Gasteiger partial charge >= 0.3 is 5.97 Å². The third kappa shape index (κ3) is 2.22. The van der Waals surface area contributed by atoms with Crippen LogP contribution in [-0.4, -0.2) is 37.9 Å². The molecule has 2 heterocycles. The summed E-state index contributed by atoms with van der Waals surface area (Å²) in [6.07, 6.45) is -0.0333. The number of H-pyrrole nitrogens is 1. The smallest absolute Gasteiger partial charge is 0.310 e. The minimum Gasteiger partial charge on any atom is -0.493 e. The average Bonchev–Trinajstić information content (AvgIpc) is 3.02. The van der Waals surface area contributed by atoms with Crippen LogP contribution >= 0.6 is 0 Å². The zero-order chi connectivity index (χ0) is 15.0. The molecule has 7 heteroatoms. The van der Waals surface area contributed by atoms with Gasteiger partial charge in [-0.1, -0.05) is 12.1 Å². The SMILES string of the molecule is COC(=O)Cc1c(C)nn(-c2nc3ccccc3[nH]2)c1O. The molecule has 21 heavy (non-hydrogen) atoms. The Morgan fingerprint density at radius 1 is 1.43 bits per heavy atom. The van der Waals surface area contributed by atoms with Gasteiger partial charge in [0.25, 0.3) is 0 Å². The molecule has 0 aliphatic heterocycles. The molecule has 0 radical (unpaired) electrons. The van der Waals surface area contributed by atoms with E-state index in [0.29, 0.717) is 17.2 Å². The summed E-state index contributed by atoms with van der Waals surface area (Å²) in [4.78, 5) is 18.8. The second-order valence-corrected chi connectivity index (χ2v) is 4.63. The number of aromatic amines is 1. The van der Waals surface area contributed by atoms with Crippen molar-refractivity contribution in [2.75, 3.05) is 7.11 Å². The number of para-hydroxylation sites is 2. The van der Waals surface area contributed by atoms with Crippen molar-refractivity contribution in [1.82, 2.24) is 19.7 Å². The van der Waals surface area contributed by atoms with E-state index in [1.54, 1.807) is 6.92 Å². The number of methoxy groups -OCH3 is 1. The molecular formula is C14H14N4O3. The molecule has 0 fully saturated rings. The maximum Gasteiger partial charge on any atom is 0.310 e. The first-order chi connectivity index (χ1) is 10.1. The van der Waals surface area contributed by atoms with E-state index >= 15 is 0 Å². The highest BCUT2D eigenvalue weighted by Gasteiger charge is 2.20. The molecule has 3 aromatic rings. The number of imidazole rings is 1. The molecule has 0 aliphatic carbocycles. The van der Waals surface area contributed by atoms with Gasteiger partial charge in [0.05, 0.1) is 30.3 Å². The van der Waals surface area contributed by atoms with Gasteiger partial charge in [0, 0.05) is 5.56 Å². The molecule has 0 saturated heterocycles. The van der Waals surface area contributed by atoms with E-state index in [-0.39, 0.29) is 12.3 Å². The Morgan fingerprint density at radius 3 is 2.90 bits per heavy atom. The van der Waals surface area contributed by atoms with Gasteiger partial charge in [-0.05, 0) is 19.1 Å². The number of aromatic nitrogens is 4. The highest BCUT2D eigenvalue weighted by molar-refractivity contribution is 5.76. The van der Waals surface area contributed by atoms with Gasteiger partial charge in [-0.2, -0.15) is 9.78 Å². The summed E-state index contributed by atoms with van der Waals surface area (Å²) in [5.74, 6) is -0.151. The lowest BCUT2D eigenvalue weighted by Gasteiger charge is -2.00. The van der Waals surface area contributed by atoms with Crippen molar-refractivity contribution >= 4 is 17.0 Å². The molecule has 0 spiro atoms. The van der Waals surface area contributed by atoms with E-state index in [2.05, 4.69) is 19.8 Å². The number of esters is 1. The number of hydrogen-bond acceptors (Lipinski definition) is 5. The fourth-order valence-corrected chi connectivity index (χ4v) is 2.16. The van der Waals surface area contributed by atoms with E-state index in [4.69, 9.17) is 0 Å². The maximum absolute atomic E-state index is 11.4. The van der Waals surface area contributed by atoms with Crippen LogP contribution in [0.5, 0.6) is 5.88 Å². The third-order valence-electron chi connectivity index (χ3n) is 3.28. The fraction of sp³-hybridized carbons (Fsp3) is 0.214. The van der Waals surface area contributed by atoms with Gasteiger partial charge in [0.2, 0.25) is 11.8 Å². The number of aryl methyl sites for hydroxylation is 1. The number of carbonyl (C=O) groups excluding carboxylic acids is 1. The molecule has 3 rings (SSSR count). The monoisotopic (exact) mass is 286 g/mol. The summed E-state index contributed by atoms with van der Waals surface area (Å²) < 4.78 is 5.90. The first kappa shape index (κ1) is 13.2. The molecule has 0 atom stereocenters. The second-order valence-electron chi connectivity index (χ2n) is 4.63. The fourth-order valence-electron chi connectivity index (χ4n) is 2.16. The Hall–Kier alpha value is -2.83. The van der Waals surface area contributed by atoms with Crippen molar-refractivity contribution < 1.29 is 14.6 Å². The van der Waals surface area contributed by atoms with Crippen LogP contribution in [0.3, 0.4) is 0 Å². The molecule has 0 aliphatic rings. The van der Waals surface area contributed by atoms with Crippen LogP contribution in [0.25, 0.3) is 17.0 Å². The first-order valence-electron chi connectivity index (χ1n) is 6.39. The molecule has 108 valence electrons. The van der Waals surface area contributed by atoms with Crippen molar-refractivity contribution in [2.45, 2.75) is 13.3 Å². The molecule has 2 N–H and O–H groups in total. The largest absolute Gasteiger partial charge is 0.493 e. The van der Waals surface area contributed by atoms with Crippen molar-refractivity contribution in [3.63, 3.8) is 0 Å². The van der Waals surface area contributed by atoms with Gasteiger partial charge in [-0.3, -0.25) is 4.79 Å². The van der Waals surface area contributed by atoms with Crippen molar-refractivity contribution in [1.29, 1.82) is 0 Å². The number of nitrogens with one attached hydrogen (secondary N) is 1. The lowest BCUT2D eigenvalue weighted by atomic mass is 10.2. The highest BCUT2D eigenvalue weighted by Crippen LogP contribution is 2.25. The second kappa shape index (κ2) is 4.93. The normalized spacial score (nSPS) is 11.0. The predicted octanol–water partition coefficient (Wildman–Crippen LogP) is 1.48. The van der Waals surface area contributed by atoms with Gasteiger partial charge in [-0.15, -0.1) is 0 Å². The molecule has 0 saturated carbocycles. The first-order valence-corrected chi connectivity index (χ1v) is 6.39. The minimum atomic E-state index is -0.433. The molecule has 0 amide bonds. The molecule has 2 aromatic heterocycles. The lowest BCUT2D eigenvalue weighted by Crippen LogP contribution is -2.05. The van der Waals surface area contributed by atoms with Crippen molar-refractivity contribution in [3.8, 4) is 11.8 Å². The molecule has 1 aromatic carbocycles. The summed E-state index contributed by atoms with van der Waals surface area (Å²) in [7, 11) is 1.30. The van der Waals surface area contributed by atoms with Crippen LogP contribution in [0.2, 0.25) is 0 Å². The Bertz CT molecular complexity index is 786. The summed E-state index contributed by atoms with van der Waals surface area (Å²) >= 11 is 0. The van der Waals surface area contributed by atoms with E-state index in [1.165, 1.54) is 11.8 Å². The van der Waals surface area contributed by atoms with E-state index < -0.39 is 5.97 Å². The number of ether oxygens (including phenoxy) is 1. The number of rotatable bonds is 3. The average molecular weight is 286 g/mol. The molecular weight excluding hydrogens is 272 g/mol. The Labute approximate surface area is 120 Å².